The van der Waals surface area contributed by atoms with Gasteiger partial charge in [0.2, 0.25) is 10.0 Å². The summed E-state index contributed by atoms with van der Waals surface area (Å²) < 4.78 is 32.8. The molecule has 1 aromatic carbocycles. The van der Waals surface area contributed by atoms with Crippen molar-refractivity contribution >= 4 is 22.4 Å². The Labute approximate surface area is 139 Å². The maximum absolute atomic E-state index is 12.4. The van der Waals surface area contributed by atoms with Crippen LogP contribution in [-0.2, 0) is 20.2 Å². The lowest BCUT2D eigenvalue weighted by molar-refractivity contribution is 0.103. The minimum absolute atomic E-state index is 0. The molecule has 1 heterocycles. The molecule has 2 rings (SSSR count). The molecule has 0 aromatic heterocycles. The summed E-state index contributed by atoms with van der Waals surface area (Å²) in [5, 5.41) is 3.12. The first-order valence-corrected chi connectivity index (χ1v) is 8.59. The lowest BCUT2D eigenvalue weighted by atomic mass is 9.87. The predicted molar refractivity (Wildman–Crippen MR) is 90.2 cm³/mol. The van der Waals surface area contributed by atoms with E-state index in [9.17, 15) is 8.42 Å². The molecule has 2 atom stereocenters. The number of benzene rings is 1. The van der Waals surface area contributed by atoms with Crippen molar-refractivity contribution in [2.75, 3.05) is 20.2 Å². The van der Waals surface area contributed by atoms with Crippen molar-refractivity contribution < 1.29 is 13.2 Å². The van der Waals surface area contributed by atoms with E-state index in [1.807, 2.05) is 12.1 Å². The topological polar surface area (TPSA) is 67.4 Å². The summed E-state index contributed by atoms with van der Waals surface area (Å²) in [6.07, 6.45) is -0.131. The third-order valence-corrected chi connectivity index (χ3v) is 5.30. The molecule has 0 saturated carbocycles. The van der Waals surface area contributed by atoms with Crippen LogP contribution in [0.5, 0.6) is 0 Å². The standard InChI is InChI=1S/C15H24N2O3S.ClH/c1-15(2,3)11-5-7-12(8-6-11)21(18,19)17-13-9-16-10-14(13)20-4;/h5-8,13-14,16-17H,9-10H2,1-4H3;1H/t13-,14-;/m0./s1. The van der Waals surface area contributed by atoms with Gasteiger partial charge in [-0.05, 0) is 23.1 Å². The molecule has 1 aliphatic rings. The van der Waals surface area contributed by atoms with E-state index in [1.54, 1.807) is 19.2 Å². The van der Waals surface area contributed by atoms with Crippen molar-refractivity contribution in [3.8, 4) is 0 Å². The van der Waals surface area contributed by atoms with E-state index in [0.717, 1.165) is 5.56 Å². The van der Waals surface area contributed by atoms with E-state index in [-0.39, 0.29) is 34.9 Å². The van der Waals surface area contributed by atoms with Crippen LogP contribution >= 0.6 is 12.4 Å². The van der Waals surface area contributed by atoms with Gasteiger partial charge in [-0.25, -0.2) is 13.1 Å². The van der Waals surface area contributed by atoms with Crippen LogP contribution < -0.4 is 10.0 Å². The Morgan fingerprint density at radius 2 is 1.77 bits per heavy atom. The van der Waals surface area contributed by atoms with Crippen molar-refractivity contribution in [2.24, 2.45) is 0 Å². The van der Waals surface area contributed by atoms with Crippen LogP contribution in [0.25, 0.3) is 0 Å². The van der Waals surface area contributed by atoms with Gasteiger partial charge in [0.25, 0.3) is 0 Å². The average molecular weight is 349 g/mol. The van der Waals surface area contributed by atoms with Gasteiger partial charge in [-0.2, -0.15) is 0 Å². The fourth-order valence-electron chi connectivity index (χ4n) is 2.42. The quantitative estimate of drug-likeness (QED) is 0.868. The van der Waals surface area contributed by atoms with Crippen LogP contribution in [0, 0.1) is 0 Å². The Morgan fingerprint density at radius 1 is 1.18 bits per heavy atom. The van der Waals surface area contributed by atoms with Gasteiger partial charge in [-0.1, -0.05) is 32.9 Å². The van der Waals surface area contributed by atoms with Crippen molar-refractivity contribution in [1.29, 1.82) is 0 Å². The SMILES string of the molecule is CO[C@H]1CNC[C@@H]1NS(=O)(=O)c1ccc(C(C)(C)C)cc1.Cl. The van der Waals surface area contributed by atoms with Gasteiger partial charge in [0, 0.05) is 20.2 Å². The molecular weight excluding hydrogens is 324 g/mol. The van der Waals surface area contributed by atoms with Crippen molar-refractivity contribution in [1.82, 2.24) is 10.0 Å². The summed E-state index contributed by atoms with van der Waals surface area (Å²) in [5.74, 6) is 0. The number of hydrogen-bond acceptors (Lipinski definition) is 4. The fourth-order valence-corrected chi connectivity index (χ4v) is 3.69. The van der Waals surface area contributed by atoms with E-state index < -0.39 is 10.0 Å². The molecule has 0 bridgehead atoms. The number of hydrogen-bond donors (Lipinski definition) is 2. The Kier molecular flexibility index (Phi) is 6.41. The summed E-state index contributed by atoms with van der Waals surface area (Å²) in [6.45, 7) is 7.54. The number of sulfonamides is 1. The Hall–Kier alpha value is -0.660. The first-order chi connectivity index (χ1) is 9.74. The fraction of sp³-hybridized carbons (Fsp3) is 0.600. The molecule has 0 aliphatic carbocycles. The Balaban J connectivity index is 0.00000242. The van der Waals surface area contributed by atoms with Crippen molar-refractivity contribution in [3.05, 3.63) is 29.8 Å². The molecule has 5 nitrogen and oxygen atoms in total. The first-order valence-electron chi connectivity index (χ1n) is 7.10. The molecule has 7 heteroatoms. The minimum Gasteiger partial charge on any atom is -0.378 e. The third-order valence-electron chi connectivity index (χ3n) is 3.80. The van der Waals surface area contributed by atoms with Crippen molar-refractivity contribution in [2.45, 2.75) is 43.2 Å². The largest absolute Gasteiger partial charge is 0.378 e. The highest BCUT2D eigenvalue weighted by Gasteiger charge is 2.31. The molecule has 0 unspecified atom stereocenters. The van der Waals surface area contributed by atoms with E-state index in [0.29, 0.717) is 13.1 Å². The molecule has 0 spiro atoms. The van der Waals surface area contributed by atoms with E-state index in [4.69, 9.17) is 4.74 Å². The molecule has 2 N–H and O–H groups in total. The lowest BCUT2D eigenvalue weighted by Crippen LogP contribution is -2.43. The van der Waals surface area contributed by atoms with Gasteiger partial charge >= 0.3 is 0 Å². The Bertz CT molecular complexity index is 582. The van der Waals surface area contributed by atoms with Gasteiger partial charge in [0.15, 0.2) is 0 Å². The van der Waals surface area contributed by atoms with Crippen LogP contribution in [-0.4, -0.2) is 40.8 Å². The molecular formula is C15H25ClN2O3S. The van der Waals surface area contributed by atoms with Crippen molar-refractivity contribution in [3.63, 3.8) is 0 Å². The van der Waals surface area contributed by atoms with E-state index in [2.05, 4.69) is 30.8 Å². The maximum atomic E-state index is 12.4. The van der Waals surface area contributed by atoms with Gasteiger partial charge in [0.05, 0.1) is 17.0 Å². The van der Waals surface area contributed by atoms with Crippen LogP contribution in [0.3, 0.4) is 0 Å². The average Bonchev–Trinajstić information content (AvgIpc) is 2.84. The molecule has 1 aromatic rings. The zero-order valence-corrected chi connectivity index (χ0v) is 15.1. The summed E-state index contributed by atoms with van der Waals surface area (Å²) in [5.41, 5.74) is 1.12. The van der Waals surface area contributed by atoms with E-state index >= 15 is 0 Å². The second-order valence-corrected chi connectivity index (χ2v) is 8.15. The van der Waals surface area contributed by atoms with Crippen LogP contribution in [0.2, 0.25) is 0 Å². The zero-order valence-electron chi connectivity index (χ0n) is 13.4. The normalized spacial score (nSPS) is 22.4. The number of nitrogens with one attached hydrogen (secondary N) is 2. The third kappa shape index (κ3) is 4.43. The number of ether oxygens (including phenoxy) is 1. The number of methoxy groups -OCH3 is 1. The highest BCUT2D eigenvalue weighted by atomic mass is 35.5. The minimum atomic E-state index is -3.52. The van der Waals surface area contributed by atoms with Gasteiger partial charge in [0.1, 0.15) is 0 Å². The van der Waals surface area contributed by atoms with E-state index in [1.165, 1.54) is 0 Å². The number of halogens is 1. The second kappa shape index (κ2) is 7.27. The first kappa shape index (κ1) is 19.4. The number of rotatable bonds is 4. The second-order valence-electron chi connectivity index (χ2n) is 6.43. The lowest BCUT2D eigenvalue weighted by Gasteiger charge is -2.20. The van der Waals surface area contributed by atoms with Crippen LogP contribution in [0.15, 0.2) is 29.2 Å². The summed E-state index contributed by atoms with van der Waals surface area (Å²) in [4.78, 5) is 0.289. The van der Waals surface area contributed by atoms with Crippen LogP contribution in [0.4, 0.5) is 0 Å². The van der Waals surface area contributed by atoms with Gasteiger partial charge < -0.3 is 10.1 Å². The molecule has 22 heavy (non-hydrogen) atoms. The predicted octanol–water partition coefficient (Wildman–Crippen LogP) is 1.67. The molecule has 126 valence electrons. The molecule has 1 fully saturated rings. The van der Waals surface area contributed by atoms with Crippen LogP contribution in [0.1, 0.15) is 26.3 Å². The highest BCUT2D eigenvalue weighted by molar-refractivity contribution is 7.89. The molecule has 1 saturated heterocycles. The highest BCUT2D eigenvalue weighted by Crippen LogP contribution is 2.23. The zero-order chi connectivity index (χ0) is 15.7. The molecule has 0 radical (unpaired) electrons. The molecule has 1 aliphatic heterocycles. The monoisotopic (exact) mass is 348 g/mol. The summed E-state index contributed by atoms with van der Waals surface area (Å²) in [7, 11) is -1.92. The maximum Gasteiger partial charge on any atom is 0.240 e. The smallest absolute Gasteiger partial charge is 0.240 e. The van der Waals surface area contributed by atoms with Gasteiger partial charge in [-0.3, -0.25) is 0 Å². The molecule has 0 amide bonds. The summed E-state index contributed by atoms with van der Waals surface area (Å²) in [6, 6.07) is 6.83. The van der Waals surface area contributed by atoms with Gasteiger partial charge in [-0.15, -0.1) is 12.4 Å². The summed E-state index contributed by atoms with van der Waals surface area (Å²) >= 11 is 0. The Morgan fingerprint density at radius 3 is 2.27 bits per heavy atom.